The van der Waals surface area contributed by atoms with Gasteiger partial charge in [0.25, 0.3) is 0 Å². The quantitative estimate of drug-likeness (QED) is 0.623. The van der Waals surface area contributed by atoms with Crippen molar-refractivity contribution in [3.63, 3.8) is 0 Å². The molecule has 2 aliphatic rings. The predicted molar refractivity (Wildman–Crippen MR) is 56.8 cm³/mol. The first-order valence-corrected chi connectivity index (χ1v) is 5.46. The lowest BCUT2D eigenvalue weighted by molar-refractivity contribution is 0.579. The summed E-state index contributed by atoms with van der Waals surface area (Å²) in [5, 5.41) is 0. The summed E-state index contributed by atoms with van der Waals surface area (Å²) in [4.78, 5) is 3.52. The van der Waals surface area contributed by atoms with Gasteiger partial charge in [-0.3, -0.25) is 5.43 Å². The Morgan fingerprint density at radius 2 is 2.07 bits per heavy atom. The lowest BCUT2D eigenvalue weighted by Crippen LogP contribution is -2.37. The van der Waals surface area contributed by atoms with E-state index >= 15 is 0 Å². The molecule has 0 aromatic heterocycles. The lowest BCUT2D eigenvalue weighted by Gasteiger charge is -2.17. The van der Waals surface area contributed by atoms with Crippen LogP contribution < -0.4 is 10.3 Å². The van der Waals surface area contributed by atoms with Crippen molar-refractivity contribution in [2.75, 3.05) is 0 Å². The molecule has 1 aromatic rings. The van der Waals surface area contributed by atoms with Crippen molar-refractivity contribution in [2.45, 2.75) is 0 Å². The van der Waals surface area contributed by atoms with Crippen LogP contribution in [0.15, 0.2) is 35.4 Å². The topological polar surface area (TPSA) is 47.1 Å². The minimum absolute atomic E-state index is 0.852. The van der Waals surface area contributed by atoms with E-state index in [2.05, 4.69) is 10.3 Å². The highest BCUT2D eigenvalue weighted by molar-refractivity contribution is 7.94. The van der Waals surface area contributed by atoms with Gasteiger partial charge in [-0.25, -0.2) is 0 Å². The van der Waals surface area contributed by atoms with E-state index in [1.54, 1.807) is 0 Å². The van der Waals surface area contributed by atoms with Gasteiger partial charge in [0.15, 0.2) is 4.91 Å². The first-order valence-electron chi connectivity index (χ1n) is 4.31. The summed E-state index contributed by atoms with van der Waals surface area (Å²) in [6.45, 7) is 0. The van der Waals surface area contributed by atoms with Gasteiger partial charge in [-0.05, 0) is 16.0 Å². The van der Waals surface area contributed by atoms with Crippen LogP contribution in [0.3, 0.4) is 0 Å². The molecular weight excluding hydrogens is 196 g/mol. The number of hydrogen-bond acceptors (Lipinski definition) is 3. The van der Waals surface area contributed by atoms with Crippen molar-refractivity contribution >= 4 is 23.0 Å². The van der Waals surface area contributed by atoms with Crippen LogP contribution in [0.4, 0.5) is 0 Å². The van der Waals surface area contributed by atoms with Gasteiger partial charge >= 0.3 is 0 Å². The largest absolute Gasteiger partial charge is 0.592 e. The summed E-state index contributed by atoms with van der Waals surface area (Å²) >= 11 is -1.14. The number of fused-ring (bicyclic) bond motifs is 3. The van der Waals surface area contributed by atoms with Crippen LogP contribution in [0, 0.1) is 0 Å². The zero-order valence-electron chi connectivity index (χ0n) is 7.28. The molecular formula is C10H8N2OS. The Morgan fingerprint density at radius 3 is 3.00 bits per heavy atom. The van der Waals surface area contributed by atoms with E-state index in [1.165, 1.54) is 0 Å². The van der Waals surface area contributed by atoms with E-state index in [-0.39, 0.29) is 0 Å². The third kappa shape index (κ3) is 1.02. The second kappa shape index (κ2) is 2.88. The zero-order chi connectivity index (χ0) is 9.54. The molecule has 14 heavy (non-hydrogen) atoms. The minimum Gasteiger partial charge on any atom is -0.592 e. The van der Waals surface area contributed by atoms with Crippen molar-refractivity contribution in [3.8, 4) is 0 Å². The first kappa shape index (κ1) is 8.11. The third-order valence-corrected chi connectivity index (χ3v) is 3.41. The number of rotatable bonds is 0. The van der Waals surface area contributed by atoms with Crippen LogP contribution in [0.25, 0.3) is 11.6 Å². The van der Waals surface area contributed by atoms with Crippen LogP contribution in [-0.2, 0) is 11.4 Å². The van der Waals surface area contributed by atoms with Crippen LogP contribution in [-0.4, -0.2) is 4.55 Å². The molecule has 1 aliphatic carbocycles. The second-order valence-corrected chi connectivity index (χ2v) is 4.35. The van der Waals surface area contributed by atoms with E-state index < -0.39 is 11.4 Å². The number of allylic oxidation sites excluding steroid dienone is 1. The highest BCUT2D eigenvalue weighted by Gasteiger charge is 2.30. The van der Waals surface area contributed by atoms with Gasteiger partial charge in [0.05, 0.1) is 16.9 Å². The molecule has 0 amide bonds. The molecule has 0 saturated carbocycles. The van der Waals surface area contributed by atoms with Crippen molar-refractivity contribution in [3.05, 3.63) is 46.5 Å². The molecule has 4 heteroatoms. The van der Waals surface area contributed by atoms with Crippen LogP contribution in [0.5, 0.6) is 0 Å². The van der Waals surface area contributed by atoms with E-state index in [0.717, 1.165) is 21.6 Å². The Kier molecular flexibility index (Phi) is 1.67. The number of hydrogen-bond donors (Lipinski definition) is 2. The molecule has 70 valence electrons. The molecule has 0 spiro atoms. The maximum Gasteiger partial charge on any atom is 0.185 e. The summed E-state index contributed by atoms with van der Waals surface area (Å²) in [5.41, 5.74) is 6.09. The monoisotopic (exact) mass is 204 g/mol. The molecule has 1 aliphatic heterocycles. The van der Waals surface area contributed by atoms with Gasteiger partial charge in [-0.15, -0.1) is 0 Å². The van der Waals surface area contributed by atoms with Gasteiger partial charge in [0.1, 0.15) is 0 Å². The summed E-state index contributed by atoms with van der Waals surface area (Å²) in [6.07, 6.45) is 3.81. The molecule has 1 atom stereocenters. The maximum atomic E-state index is 11.6. The smallest absolute Gasteiger partial charge is 0.185 e. The van der Waals surface area contributed by atoms with E-state index in [0.29, 0.717) is 0 Å². The Morgan fingerprint density at radius 1 is 1.21 bits per heavy atom. The van der Waals surface area contributed by atoms with Crippen LogP contribution in [0.1, 0.15) is 11.1 Å². The summed E-state index contributed by atoms with van der Waals surface area (Å²) < 4.78 is 11.6. The average molecular weight is 204 g/mol. The minimum atomic E-state index is -1.14. The fraction of sp³-hybridized carbons (Fsp3) is 0. The Balaban J connectivity index is 2.20. The van der Waals surface area contributed by atoms with Crippen LogP contribution >= 0.6 is 0 Å². The van der Waals surface area contributed by atoms with E-state index in [4.69, 9.17) is 0 Å². The highest BCUT2D eigenvalue weighted by atomic mass is 32.2. The molecule has 2 N–H and O–H groups in total. The molecule has 1 heterocycles. The summed E-state index contributed by atoms with van der Waals surface area (Å²) in [7, 11) is 0. The van der Waals surface area contributed by atoms with Gasteiger partial charge in [0, 0.05) is 12.3 Å². The molecule has 0 saturated heterocycles. The number of nitrogens with one attached hydrogen (secondary N) is 2. The molecule has 1 unspecified atom stereocenters. The Labute approximate surface area is 84.8 Å². The van der Waals surface area contributed by atoms with Gasteiger partial charge < -0.3 is 4.55 Å². The second-order valence-electron chi connectivity index (χ2n) is 3.17. The van der Waals surface area contributed by atoms with Crippen molar-refractivity contribution in [2.24, 2.45) is 0 Å². The maximum absolute atomic E-state index is 11.6. The fourth-order valence-corrected chi connectivity index (χ4v) is 2.61. The molecule has 3 rings (SSSR count). The molecule has 0 fully saturated rings. The predicted octanol–water partition coefficient (Wildman–Crippen LogP) is 1.15. The summed E-state index contributed by atoms with van der Waals surface area (Å²) in [6, 6.07) is 8.03. The van der Waals surface area contributed by atoms with Crippen LogP contribution in [0.2, 0.25) is 0 Å². The SMILES string of the molecule is [O-][S+]1NNC=C2C1=Cc1ccccc12. The van der Waals surface area contributed by atoms with Gasteiger partial charge in [-0.2, -0.15) is 0 Å². The lowest BCUT2D eigenvalue weighted by atomic mass is 10.1. The van der Waals surface area contributed by atoms with Crippen molar-refractivity contribution < 1.29 is 4.55 Å². The summed E-state index contributed by atoms with van der Waals surface area (Å²) in [5.74, 6) is 0. The third-order valence-electron chi connectivity index (χ3n) is 2.37. The Bertz CT molecular complexity index is 453. The molecule has 0 bridgehead atoms. The average Bonchev–Trinajstić information content (AvgIpc) is 2.59. The zero-order valence-corrected chi connectivity index (χ0v) is 8.10. The number of benzene rings is 1. The van der Waals surface area contributed by atoms with Crippen molar-refractivity contribution in [1.82, 2.24) is 10.3 Å². The van der Waals surface area contributed by atoms with Gasteiger partial charge in [0.2, 0.25) is 0 Å². The standard InChI is InChI=1S/C10H8N2OS/c13-14-10-5-7-3-1-2-4-8(7)9(10)6-11-12-14/h1-6,11-12H. The fourth-order valence-electron chi connectivity index (χ4n) is 1.73. The Hall–Kier alpha value is -1.23. The highest BCUT2D eigenvalue weighted by Crippen LogP contribution is 2.38. The number of hydrazine groups is 1. The first-order chi connectivity index (χ1) is 6.86. The molecule has 3 nitrogen and oxygen atoms in total. The van der Waals surface area contributed by atoms with E-state index in [1.807, 2.05) is 36.5 Å². The van der Waals surface area contributed by atoms with Crippen molar-refractivity contribution in [1.29, 1.82) is 0 Å². The van der Waals surface area contributed by atoms with Gasteiger partial charge in [-0.1, -0.05) is 24.3 Å². The van der Waals surface area contributed by atoms with E-state index in [9.17, 15) is 4.55 Å². The normalized spacial score (nSPS) is 23.1. The molecule has 0 radical (unpaired) electrons. The molecule has 1 aromatic carbocycles.